The van der Waals surface area contributed by atoms with Gasteiger partial charge in [0.1, 0.15) is 11.2 Å². The van der Waals surface area contributed by atoms with Gasteiger partial charge in [-0.15, -0.1) is 0 Å². The van der Waals surface area contributed by atoms with E-state index < -0.39 is 0 Å². The molecule has 324 valence electrons. The minimum atomic E-state index is -0.0750. The van der Waals surface area contributed by atoms with Crippen molar-refractivity contribution in [2.45, 2.75) is 26.2 Å². The third-order valence-electron chi connectivity index (χ3n) is 15.2. The Morgan fingerprint density at radius 1 is 0.391 bits per heavy atom. The maximum atomic E-state index is 6.77. The van der Waals surface area contributed by atoms with E-state index in [4.69, 9.17) is 4.42 Å². The van der Waals surface area contributed by atoms with Crippen molar-refractivity contribution in [3.05, 3.63) is 218 Å². The van der Waals surface area contributed by atoms with Crippen molar-refractivity contribution in [1.82, 2.24) is 9.13 Å². The van der Waals surface area contributed by atoms with Crippen LogP contribution < -0.4 is 21.3 Å². The summed E-state index contributed by atoms with van der Waals surface area (Å²) in [5, 5.41) is 7.22. The molecule has 0 bridgehead atoms. The van der Waals surface area contributed by atoms with Crippen LogP contribution in [0.25, 0.3) is 99.2 Å². The highest BCUT2D eigenvalue weighted by molar-refractivity contribution is 7.00. The molecule has 3 aromatic heterocycles. The lowest BCUT2D eigenvalue weighted by Gasteiger charge is -2.41. The summed E-state index contributed by atoms with van der Waals surface area (Å²) in [5.41, 5.74) is 22.4. The smallest absolute Gasteiger partial charge is 0.252 e. The normalized spacial score (nSPS) is 13.1. The summed E-state index contributed by atoms with van der Waals surface area (Å²) in [7, 11) is 0. The lowest BCUT2D eigenvalue weighted by Crippen LogP contribution is -2.60. The molecule has 2 aliphatic rings. The highest BCUT2D eigenvalue weighted by atomic mass is 16.3. The Morgan fingerprint density at radius 3 is 1.87 bits per heavy atom. The van der Waals surface area contributed by atoms with Gasteiger partial charge in [0, 0.05) is 66.1 Å². The molecule has 0 amide bonds. The van der Waals surface area contributed by atoms with Crippen LogP contribution >= 0.6 is 0 Å². The van der Waals surface area contributed by atoms with Crippen molar-refractivity contribution in [1.29, 1.82) is 0 Å². The number of aromatic nitrogens is 2. The molecule has 0 atom stereocenters. The molecular formula is C64H44BN3O. The van der Waals surface area contributed by atoms with Crippen LogP contribution in [0.15, 0.2) is 217 Å². The Kier molecular flexibility index (Phi) is 7.83. The zero-order valence-corrected chi connectivity index (χ0v) is 38.5. The van der Waals surface area contributed by atoms with E-state index in [1.807, 2.05) is 0 Å². The number of nitrogens with zero attached hydrogens (tertiary/aromatic N) is 3. The Balaban J connectivity index is 1.11. The van der Waals surface area contributed by atoms with Crippen molar-refractivity contribution in [2.24, 2.45) is 0 Å². The van der Waals surface area contributed by atoms with Crippen molar-refractivity contribution in [3.63, 3.8) is 0 Å². The summed E-state index contributed by atoms with van der Waals surface area (Å²) < 4.78 is 11.8. The second-order valence-electron chi connectivity index (χ2n) is 20.1. The fourth-order valence-electron chi connectivity index (χ4n) is 12.1. The molecule has 0 radical (unpaired) electrons. The number of hydrogen-bond donors (Lipinski definition) is 0. The van der Waals surface area contributed by atoms with E-state index in [0.29, 0.717) is 0 Å². The van der Waals surface area contributed by atoms with E-state index in [1.165, 1.54) is 99.2 Å². The van der Waals surface area contributed by atoms with Gasteiger partial charge >= 0.3 is 0 Å². The number of rotatable bonds is 4. The molecule has 0 fully saturated rings. The van der Waals surface area contributed by atoms with Crippen LogP contribution in [0, 0.1) is 0 Å². The van der Waals surface area contributed by atoms with Crippen molar-refractivity contribution in [3.8, 4) is 33.6 Å². The summed E-state index contributed by atoms with van der Waals surface area (Å²) in [5.74, 6) is 0. The lowest BCUT2D eigenvalue weighted by molar-refractivity contribution is 0.590. The van der Waals surface area contributed by atoms with E-state index in [9.17, 15) is 0 Å². The standard InChI is InChI=1S/C64H44BN3O/c1-64(2,3)42-31-29-39(30-32-42)41-33-58-62-59(34-41)68-56-35-48-45-22-11-14-27-54(45)66(43-19-8-5-9-20-43)55(48)36-49(56)47-24-16-25-51(63(47)68)65(62)52-38-61-50(46-23-12-15-28-60(46)69-61)37-57(52)67(58)53-26-13-10-21-44(53)40-17-6-4-7-18-40/h4-38H,1-3H3. The maximum Gasteiger partial charge on any atom is 0.252 e. The molecule has 0 saturated heterocycles. The molecule has 0 unspecified atom stereocenters. The molecule has 4 nitrogen and oxygen atoms in total. The molecule has 0 aliphatic carbocycles. The molecule has 0 saturated carbocycles. The molecule has 15 rings (SSSR count). The summed E-state index contributed by atoms with van der Waals surface area (Å²) >= 11 is 0. The molecule has 0 N–H and O–H groups in total. The average Bonchev–Trinajstić information content (AvgIpc) is 4.04. The summed E-state index contributed by atoms with van der Waals surface area (Å²) in [6, 6.07) is 78.9. The van der Waals surface area contributed by atoms with Gasteiger partial charge in [-0.25, -0.2) is 0 Å². The van der Waals surface area contributed by atoms with Gasteiger partial charge in [-0.3, -0.25) is 0 Å². The second kappa shape index (κ2) is 14.0. The van der Waals surface area contributed by atoms with Crippen LogP contribution in [-0.4, -0.2) is 15.8 Å². The van der Waals surface area contributed by atoms with Crippen LogP contribution in [0.3, 0.4) is 0 Å². The molecule has 2 aliphatic heterocycles. The van der Waals surface area contributed by atoms with E-state index in [2.05, 4.69) is 247 Å². The lowest BCUT2D eigenvalue weighted by atomic mass is 9.33. The number of anilines is 3. The number of furan rings is 1. The van der Waals surface area contributed by atoms with E-state index in [-0.39, 0.29) is 12.1 Å². The number of fused-ring (bicyclic) bond motifs is 13. The summed E-state index contributed by atoms with van der Waals surface area (Å²) in [4.78, 5) is 2.57. The first-order valence-electron chi connectivity index (χ1n) is 24.1. The zero-order chi connectivity index (χ0) is 45.7. The first-order valence-corrected chi connectivity index (χ1v) is 24.1. The topological polar surface area (TPSA) is 26.2 Å². The third-order valence-corrected chi connectivity index (χ3v) is 15.2. The molecule has 69 heavy (non-hydrogen) atoms. The van der Waals surface area contributed by atoms with Crippen molar-refractivity contribution in [2.75, 3.05) is 4.90 Å². The van der Waals surface area contributed by atoms with E-state index in [0.717, 1.165) is 39.0 Å². The molecule has 5 heteroatoms. The second-order valence-corrected chi connectivity index (χ2v) is 20.1. The largest absolute Gasteiger partial charge is 0.456 e. The van der Waals surface area contributed by atoms with Gasteiger partial charge in [0.15, 0.2) is 0 Å². The molecule has 0 spiro atoms. The fourth-order valence-corrected chi connectivity index (χ4v) is 12.1. The quantitative estimate of drug-likeness (QED) is 0.165. The highest BCUT2D eigenvalue weighted by Crippen LogP contribution is 2.48. The Hall–Kier alpha value is -8.54. The highest BCUT2D eigenvalue weighted by Gasteiger charge is 2.43. The van der Waals surface area contributed by atoms with Crippen LogP contribution in [0.1, 0.15) is 26.3 Å². The van der Waals surface area contributed by atoms with Gasteiger partial charge in [0.2, 0.25) is 0 Å². The van der Waals surface area contributed by atoms with Crippen LogP contribution in [0.5, 0.6) is 0 Å². The average molecular weight is 882 g/mol. The van der Waals surface area contributed by atoms with Crippen molar-refractivity contribution >= 4 is 106 Å². The monoisotopic (exact) mass is 881 g/mol. The maximum absolute atomic E-state index is 6.77. The first-order chi connectivity index (χ1) is 33.9. The van der Waals surface area contributed by atoms with E-state index in [1.54, 1.807) is 0 Å². The summed E-state index contributed by atoms with van der Waals surface area (Å²) in [6.45, 7) is 6.80. The van der Waals surface area contributed by atoms with Crippen LogP contribution in [0.2, 0.25) is 0 Å². The van der Waals surface area contributed by atoms with Gasteiger partial charge in [-0.2, -0.15) is 0 Å². The van der Waals surface area contributed by atoms with Gasteiger partial charge in [0.25, 0.3) is 6.71 Å². The van der Waals surface area contributed by atoms with Gasteiger partial charge in [-0.1, -0.05) is 166 Å². The molecule has 5 heterocycles. The predicted octanol–water partition coefficient (Wildman–Crippen LogP) is 15.0. The number of benzene rings is 10. The van der Waals surface area contributed by atoms with E-state index >= 15 is 0 Å². The summed E-state index contributed by atoms with van der Waals surface area (Å²) in [6.07, 6.45) is 0. The Bertz CT molecular complexity index is 4280. The van der Waals surface area contributed by atoms with Crippen LogP contribution in [0.4, 0.5) is 17.1 Å². The first kappa shape index (κ1) is 38.6. The minimum absolute atomic E-state index is 0.0339. The molecule has 10 aromatic carbocycles. The SMILES string of the molecule is CC(C)(C)c1ccc(-c2cc3c4c(c2)-n2c5cc6c7ccccc7n(-c7ccccc7)c6cc5c5cccc(c52)B4c2cc4oc5ccccc5c4cc2N3c2ccccc2-c2ccccc2)cc1. The molecule has 13 aromatic rings. The van der Waals surface area contributed by atoms with Gasteiger partial charge in [-0.05, 0) is 111 Å². The zero-order valence-electron chi connectivity index (χ0n) is 38.5. The molecular weight excluding hydrogens is 838 g/mol. The van der Waals surface area contributed by atoms with Gasteiger partial charge < -0.3 is 18.5 Å². The third kappa shape index (κ3) is 5.41. The minimum Gasteiger partial charge on any atom is -0.456 e. The van der Waals surface area contributed by atoms with Crippen LogP contribution in [-0.2, 0) is 5.41 Å². The van der Waals surface area contributed by atoms with Crippen molar-refractivity contribution < 1.29 is 4.42 Å². The Labute approximate surface area is 400 Å². The fraction of sp³-hybridized carbons (Fsp3) is 0.0625. The Morgan fingerprint density at radius 2 is 1.06 bits per heavy atom. The predicted molar refractivity (Wildman–Crippen MR) is 291 cm³/mol. The number of hydrogen-bond acceptors (Lipinski definition) is 2. The number of para-hydroxylation sites is 5. The van der Waals surface area contributed by atoms with Gasteiger partial charge in [0.05, 0.1) is 22.2 Å².